The van der Waals surface area contributed by atoms with Crippen LogP contribution in [0.3, 0.4) is 0 Å². The Morgan fingerprint density at radius 1 is 0.800 bits per heavy atom. The van der Waals surface area contributed by atoms with Crippen LogP contribution in [0.1, 0.15) is 57.1 Å². The summed E-state index contributed by atoms with van der Waals surface area (Å²) in [5, 5.41) is 6.94. The monoisotopic (exact) mass is 538 g/mol. The first-order chi connectivity index (χ1) is 16.2. The highest BCUT2D eigenvalue weighted by Crippen LogP contribution is 2.29. The Hall–Kier alpha value is -1.49. The number of rotatable bonds is 15. The van der Waals surface area contributed by atoms with E-state index < -0.39 is 0 Å². The lowest BCUT2D eigenvalue weighted by Gasteiger charge is -2.22. The smallest absolute Gasteiger partial charge is 0.124 e. The van der Waals surface area contributed by atoms with E-state index in [1.54, 1.807) is 0 Å². The first-order valence-electron chi connectivity index (χ1n) is 12.5. The summed E-state index contributed by atoms with van der Waals surface area (Å²) < 4.78 is 6.26. The first kappa shape index (κ1) is 31.5. The van der Waals surface area contributed by atoms with Crippen LogP contribution >= 0.6 is 36.4 Å². The van der Waals surface area contributed by atoms with Gasteiger partial charge in [-0.25, -0.2) is 0 Å². The van der Waals surface area contributed by atoms with E-state index in [0.29, 0.717) is 6.61 Å². The average Bonchev–Trinajstić information content (AvgIpc) is 2.85. The van der Waals surface area contributed by atoms with Crippen LogP contribution < -0.4 is 10.1 Å². The number of fused-ring (bicyclic) bond motifs is 1. The van der Waals surface area contributed by atoms with Gasteiger partial charge >= 0.3 is 0 Å². The van der Waals surface area contributed by atoms with E-state index in [-0.39, 0.29) is 24.8 Å². The second-order valence-corrected chi connectivity index (χ2v) is 9.19. The molecule has 3 aromatic rings. The number of halogens is 3. The molecule has 0 unspecified atom stereocenters. The molecule has 0 fully saturated rings. The van der Waals surface area contributed by atoms with Crippen LogP contribution in [-0.2, 0) is 13.2 Å². The number of unbranched alkanes of at least 4 members (excludes halogenated alkanes) is 2. The van der Waals surface area contributed by atoms with Gasteiger partial charge in [0.25, 0.3) is 0 Å². The molecule has 3 aromatic carbocycles. The fraction of sp³-hybridized carbons (Fsp3) is 0.448. The van der Waals surface area contributed by atoms with E-state index in [0.717, 1.165) is 29.4 Å². The van der Waals surface area contributed by atoms with Crippen LogP contribution in [0, 0.1) is 0 Å². The number of hydrogen-bond acceptors (Lipinski definition) is 3. The van der Waals surface area contributed by atoms with Crippen molar-refractivity contribution in [2.75, 3.05) is 26.2 Å². The lowest BCUT2D eigenvalue weighted by Crippen LogP contribution is -2.29. The van der Waals surface area contributed by atoms with Gasteiger partial charge in [0, 0.05) is 17.1 Å². The molecule has 0 saturated heterocycles. The van der Waals surface area contributed by atoms with Gasteiger partial charge in [-0.05, 0) is 80.0 Å². The van der Waals surface area contributed by atoms with E-state index in [2.05, 4.69) is 60.5 Å². The Bertz CT molecular complexity index is 958. The normalized spacial score (nSPS) is 10.7. The molecule has 0 amide bonds. The van der Waals surface area contributed by atoms with Crippen LogP contribution in [0.25, 0.3) is 10.8 Å². The zero-order valence-corrected chi connectivity index (χ0v) is 23.5. The quantitative estimate of drug-likeness (QED) is 0.197. The Morgan fingerprint density at radius 2 is 1.46 bits per heavy atom. The highest BCUT2D eigenvalue weighted by Gasteiger charge is 2.10. The Labute approximate surface area is 229 Å². The highest BCUT2D eigenvalue weighted by atomic mass is 35.5. The van der Waals surface area contributed by atoms with Gasteiger partial charge in [0.05, 0.1) is 0 Å². The molecule has 3 rings (SSSR count). The predicted octanol–water partition coefficient (Wildman–Crippen LogP) is 8.30. The van der Waals surface area contributed by atoms with Gasteiger partial charge in [-0.1, -0.05) is 80.8 Å². The second-order valence-electron chi connectivity index (χ2n) is 8.76. The van der Waals surface area contributed by atoms with E-state index in [9.17, 15) is 0 Å². The number of benzene rings is 3. The van der Waals surface area contributed by atoms with Gasteiger partial charge in [-0.15, -0.1) is 24.8 Å². The van der Waals surface area contributed by atoms with Crippen LogP contribution in [0.4, 0.5) is 0 Å². The van der Waals surface area contributed by atoms with E-state index in [1.165, 1.54) is 68.1 Å². The minimum absolute atomic E-state index is 0. The second kappa shape index (κ2) is 17.9. The van der Waals surface area contributed by atoms with Gasteiger partial charge in [0.2, 0.25) is 0 Å². The SMILES string of the molecule is CCCCN(CCCC)CCCNCc1c(OCc2ccc(Cl)cc2)ccc2ccccc12.Cl.Cl. The fourth-order valence-electron chi connectivity index (χ4n) is 4.12. The first-order valence-corrected chi connectivity index (χ1v) is 12.9. The Kier molecular flexibility index (Phi) is 16.1. The fourth-order valence-corrected chi connectivity index (χ4v) is 4.24. The summed E-state index contributed by atoms with van der Waals surface area (Å²) in [7, 11) is 0. The number of ether oxygens (including phenoxy) is 1. The summed E-state index contributed by atoms with van der Waals surface area (Å²) in [5.41, 5.74) is 2.35. The van der Waals surface area contributed by atoms with Gasteiger partial charge in [0.15, 0.2) is 0 Å². The van der Waals surface area contributed by atoms with Crippen LogP contribution in [0.5, 0.6) is 5.75 Å². The summed E-state index contributed by atoms with van der Waals surface area (Å²) in [6, 6.07) is 20.7. The molecule has 35 heavy (non-hydrogen) atoms. The number of hydrogen-bond donors (Lipinski definition) is 1. The largest absolute Gasteiger partial charge is 0.489 e. The Morgan fingerprint density at radius 3 is 2.14 bits per heavy atom. The molecular weight excluding hydrogens is 499 g/mol. The maximum Gasteiger partial charge on any atom is 0.124 e. The molecule has 0 saturated carbocycles. The summed E-state index contributed by atoms with van der Waals surface area (Å²) >= 11 is 6.02. The summed E-state index contributed by atoms with van der Waals surface area (Å²) in [6.07, 6.45) is 6.28. The maximum absolute atomic E-state index is 6.26. The van der Waals surface area contributed by atoms with Crippen molar-refractivity contribution in [3.05, 3.63) is 76.8 Å². The third-order valence-electron chi connectivity index (χ3n) is 6.09. The zero-order chi connectivity index (χ0) is 23.3. The van der Waals surface area contributed by atoms with E-state index in [4.69, 9.17) is 16.3 Å². The van der Waals surface area contributed by atoms with Crippen molar-refractivity contribution in [1.29, 1.82) is 0 Å². The van der Waals surface area contributed by atoms with Crippen molar-refractivity contribution in [2.24, 2.45) is 0 Å². The third kappa shape index (κ3) is 10.6. The maximum atomic E-state index is 6.26. The minimum Gasteiger partial charge on any atom is -0.489 e. The van der Waals surface area contributed by atoms with Gasteiger partial charge in [-0.2, -0.15) is 0 Å². The molecule has 0 aliphatic carbocycles. The molecule has 0 heterocycles. The average molecular weight is 540 g/mol. The predicted molar refractivity (Wildman–Crippen MR) is 157 cm³/mol. The van der Waals surface area contributed by atoms with Crippen LogP contribution in [0.15, 0.2) is 60.7 Å². The molecule has 0 atom stereocenters. The standard InChI is InChI=1S/C29H39ClN2O.2ClH/c1-3-5-19-32(20-6-4-2)21-9-18-31-22-28-27-11-8-7-10-25(27)14-17-29(28)33-23-24-12-15-26(30)16-13-24;;/h7-8,10-17,31H,3-6,9,18-23H2,1-2H3;2*1H. The molecular formula is C29H41Cl3N2O. The molecule has 0 aliphatic rings. The van der Waals surface area contributed by atoms with Crippen molar-refractivity contribution < 1.29 is 4.74 Å². The molecule has 0 aliphatic heterocycles. The number of nitrogens with zero attached hydrogens (tertiary/aromatic N) is 1. The van der Waals surface area contributed by atoms with E-state index in [1.807, 2.05) is 24.3 Å². The van der Waals surface area contributed by atoms with Crippen molar-refractivity contribution >= 4 is 47.2 Å². The van der Waals surface area contributed by atoms with Crippen molar-refractivity contribution in [3.8, 4) is 5.75 Å². The van der Waals surface area contributed by atoms with Crippen LogP contribution in [0.2, 0.25) is 5.02 Å². The van der Waals surface area contributed by atoms with Gasteiger partial charge < -0.3 is 15.0 Å². The lowest BCUT2D eigenvalue weighted by atomic mass is 10.0. The summed E-state index contributed by atoms with van der Waals surface area (Å²) in [6.45, 7) is 10.5. The zero-order valence-electron chi connectivity index (χ0n) is 21.1. The highest BCUT2D eigenvalue weighted by molar-refractivity contribution is 6.30. The molecule has 0 bridgehead atoms. The molecule has 0 spiro atoms. The van der Waals surface area contributed by atoms with Crippen LogP contribution in [-0.4, -0.2) is 31.1 Å². The molecule has 0 radical (unpaired) electrons. The minimum atomic E-state index is 0. The molecule has 0 aromatic heterocycles. The summed E-state index contributed by atoms with van der Waals surface area (Å²) in [5.74, 6) is 0.948. The van der Waals surface area contributed by atoms with Crippen molar-refractivity contribution in [3.63, 3.8) is 0 Å². The lowest BCUT2D eigenvalue weighted by molar-refractivity contribution is 0.260. The van der Waals surface area contributed by atoms with Gasteiger partial charge in [0.1, 0.15) is 12.4 Å². The van der Waals surface area contributed by atoms with Crippen molar-refractivity contribution in [1.82, 2.24) is 10.2 Å². The van der Waals surface area contributed by atoms with Gasteiger partial charge in [-0.3, -0.25) is 0 Å². The molecule has 1 N–H and O–H groups in total. The van der Waals surface area contributed by atoms with E-state index >= 15 is 0 Å². The Balaban J connectivity index is 0.00000306. The number of nitrogens with one attached hydrogen (secondary N) is 1. The van der Waals surface area contributed by atoms with Crippen molar-refractivity contribution in [2.45, 2.75) is 59.1 Å². The molecule has 6 heteroatoms. The molecule has 3 nitrogen and oxygen atoms in total. The third-order valence-corrected chi connectivity index (χ3v) is 6.34. The molecule has 194 valence electrons. The topological polar surface area (TPSA) is 24.5 Å². The summed E-state index contributed by atoms with van der Waals surface area (Å²) in [4.78, 5) is 2.63.